The number of rotatable bonds is 5. The fraction of sp³-hybridized carbons (Fsp3) is 0.737. The van der Waals surface area contributed by atoms with Crippen LogP contribution >= 0.6 is 0 Å². The average molecular weight is 362 g/mol. The van der Waals surface area contributed by atoms with E-state index in [2.05, 4.69) is 15.2 Å². The standard InChI is InChI=1S/C19H30N4O3/c24-17(9-12-22-13-10-18(25)21-19(22)26)20-15-6-5-11-23(14-15)16-7-3-1-2-4-8-16/h10,13,15-16H,1-9,11-12,14H2,(H,20,24)(H,21,25,26). The Morgan fingerprint density at radius 1 is 1.12 bits per heavy atom. The minimum Gasteiger partial charge on any atom is -0.352 e. The van der Waals surface area contributed by atoms with Gasteiger partial charge in [-0.3, -0.25) is 19.5 Å². The number of nitrogens with zero attached hydrogens (tertiary/aromatic N) is 2. The largest absolute Gasteiger partial charge is 0.352 e. The molecule has 2 fully saturated rings. The van der Waals surface area contributed by atoms with E-state index in [1.165, 1.54) is 55.4 Å². The maximum Gasteiger partial charge on any atom is 0.328 e. The maximum atomic E-state index is 12.3. The molecule has 1 aliphatic heterocycles. The van der Waals surface area contributed by atoms with Crippen molar-refractivity contribution in [2.45, 2.75) is 76.4 Å². The van der Waals surface area contributed by atoms with Crippen molar-refractivity contribution in [3.05, 3.63) is 33.1 Å². The van der Waals surface area contributed by atoms with Crippen LogP contribution in [0, 0.1) is 0 Å². The number of amides is 1. The van der Waals surface area contributed by atoms with E-state index in [0.717, 1.165) is 25.9 Å². The van der Waals surface area contributed by atoms with Gasteiger partial charge in [0.1, 0.15) is 0 Å². The Hall–Kier alpha value is -1.89. The van der Waals surface area contributed by atoms with E-state index in [1.54, 1.807) is 0 Å². The molecule has 1 saturated carbocycles. The van der Waals surface area contributed by atoms with Crippen LogP contribution in [0.15, 0.2) is 21.9 Å². The van der Waals surface area contributed by atoms with Gasteiger partial charge >= 0.3 is 5.69 Å². The number of nitrogens with one attached hydrogen (secondary N) is 2. The van der Waals surface area contributed by atoms with Crippen LogP contribution in [0.5, 0.6) is 0 Å². The molecule has 1 aromatic heterocycles. The lowest BCUT2D eigenvalue weighted by Gasteiger charge is -2.38. The molecule has 144 valence electrons. The molecule has 0 bridgehead atoms. The highest BCUT2D eigenvalue weighted by atomic mass is 16.2. The van der Waals surface area contributed by atoms with Crippen molar-refractivity contribution in [2.24, 2.45) is 0 Å². The molecular formula is C19H30N4O3. The Bertz CT molecular complexity index is 703. The highest BCUT2D eigenvalue weighted by molar-refractivity contribution is 5.76. The van der Waals surface area contributed by atoms with Gasteiger partial charge in [0.2, 0.25) is 5.91 Å². The van der Waals surface area contributed by atoms with E-state index in [4.69, 9.17) is 0 Å². The van der Waals surface area contributed by atoms with E-state index in [0.29, 0.717) is 6.04 Å². The quantitative estimate of drug-likeness (QED) is 0.772. The van der Waals surface area contributed by atoms with E-state index in [9.17, 15) is 14.4 Å². The summed E-state index contributed by atoms with van der Waals surface area (Å²) in [6.45, 7) is 2.36. The van der Waals surface area contributed by atoms with Crippen LogP contribution in [0.1, 0.15) is 57.8 Å². The van der Waals surface area contributed by atoms with Gasteiger partial charge in [0.15, 0.2) is 0 Å². The summed E-state index contributed by atoms with van der Waals surface area (Å²) in [5.41, 5.74) is -0.890. The molecule has 2 aliphatic rings. The van der Waals surface area contributed by atoms with Gasteiger partial charge < -0.3 is 9.88 Å². The first-order valence-corrected chi connectivity index (χ1v) is 9.95. The van der Waals surface area contributed by atoms with Crippen LogP contribution in [0.2, 0.25) is 0 Å². The Labute approximate surface area is 153 Å². The number of aromatic amines is 1. The maximum absolute atomic E-state index is 12.3. The predicted octanol–water partition coefficient (Wildman–Crippen LogP) is 1.23. The van der Waals surface area contributed by atoms with Gasteiger partial charge in [0, 0.05) is 43.9 Å². The molecule has 2 heterocycles. The number of hydrogen-bond acceptors (Lipinski definition) is 4. The van der Waals surface area contributed by atoms with Crippen molar-refractivity contribution >= 4 is 5.91 Å². The van der Waals surface area contributed by atoms with E-state index < -0.39 is 11.2 Å². The minimum absolute atomic E-state index is 0.0317. The van der Waals surface area contributed by atoms with Gasteiger partial charge in [-0.15, -0.1) is 0 Å². The van der Waals surface area contributed by atoms with Crippen molar-refractivity contribution in [3.8, 4) is 0 Å². The molecule has 1 aliphatic carbocycles. The first-order valence-electron chi connectivity index (χ1n) is 9.95. The van der Waals surface area contributed by atoms with E-state index >= 15 is 0 Å². The van der Waals surface area contributed by atoms with Gasteiger partial charge in [0.25, 0.3) is 5.56 Å². The van der Waals surface area contributed by atoms with E-state index in [-0.39, 0.29) is 24.9 Å². The Morgan fingerprint density at radius 3 is 2.62 bits per heavy atom. The Morgan fingerprint density at radius 2 is 1.88 bits per heavy atom. The lowest BCUT2D eigenvalue weighted by atomic mass is 10.00. The fourth-order valence-corrected chi connectivity index (χ4v) is 4.22. The second kappa shape index (κ2) is 9.16. The predicted molar refractivity (Wildman–Crippen MR) is 100 cm³/mol. The molecule has 0 aromatic carbocycles. The molecule has 26 heavy (non-hydrogen) atoms. The van der Waals surface area contributed by atoms with Crippen LogP contribution < -0.4 is 16.6 Å². The third kappa shape index (κ3) is 5.30. The minimum atomic E-state index is -0.470. The molecule has 1 aromatic rings. The zero-order valence-corrected chi connectivity index (χ0v) is 15.4. The number of carbonyl (C=O) groups is 1. The number of carbonyl (C=O) groups excluding carboxylic acids is 1. The normalized spacial score (nSPS) is 22.7. The van der Waals surface area contributed by atoms with Crippen molar-refractivity contribution in [2.75, 3.05) is 13.1 Å². The summed E-state index contributed by atoms with van der Waals surface area (Å²) in [4.78, 5) is 39.8. The first-order chi connectivity index (χ1) is 12.6. The molecule has 0 spiro atoms. The molecule has 0 radical (unpaired) electrons. The Kier molecular flexibility index (Phi) is 6.66. The van der Waals surface area contributed by atoms with Crippen molar-refractivity contribution in [3.63, 3.8) is 0 Å². The summed E-state index contributed by atoms with van der Waals surface area (Å²) in [5.74, 6) is -0.0317. The lowest BCUT2D eigenvalue weighted by Crippen LogP contribution is -2.51. The van der Waals surface area contributed by atoms with Gasteiger partial charge in [-0.25, -0.2) is 4.79 Å². The van der Waals surface area contributed by atoms with Crippen LogP contribution in [-0.2, 0) is 11.3 Å². The third-order valence-electron chi connectivity index (χ3n) is 5.64. The first kappa shape index (κ1) is 18.9. The van der Waals surface area contributed by atoms with Crippen LogP contribution in [0.4, 0.5) is 0 Å². The second-order valence-electron chi connectivity index (χ2n) is 7.60. The highest BCUT2D eigenvalue weighted by Crippen LogP contribution is 2.24. The van der Waals surface area contributed by atoms with Crippen molar-refractivity contribution < 1.29 is 4.79 Å². The smallest absolute Gasteiger partial charge is 0.328 e. The molecule has 1 atom stereocenters. The highest BCUT2D eigenvalue weighted by Gasteiger charge is 2.27. The second-order valence-corrected chi connectivity index (χ2v) is 7.60. The molecule has 3 rings (SSSR count). The number of H-pyrrole nitrogens is 1. The fourth-order valence-electron chi connectivity index (χ4n) is 4.22. The average Bonchev–Trinajstić information content (AvgIpc) is 2.91. The molecule has 1 amide bonds. The molecular weight excluding hydrogens is 332 g/mol. The summed E-state index contributed by atoms with van der Waals surface area (Å²) in [7, 11) is 0. The summed E-state index contributed by atoms with van der Waals surface area (Å²) in [6, 6.07) is 2.18. The number of aromatic nitrogens is 2. The topological polar surface area (TPSA) is 87.2 Å². The summed E-state index contributed by atoms with van der Waals surface area (Å²) < 4.78 is 1.36. The molecule has 7 nitrogen and oxygen atoms in total. The zero-order chi connectivity index (χ0) is 18.4. The SMILES string of the molecule is O=C(CCn1ccc(=O)[nH]c1=O)NC1CCCN(C2CCCCCC2)C1. The lowest BCUT2D eigenvalue weighted by molar-refractivity contribution is -0.122. The van der Waals surface area contributed by atoms with Gasteiger partial charge in [-0.05, 0) is 32.2 Å². The number of likely N-dealkylation sites (tertiary alicyclic amines) is 1. The Balaban J connectivity index is 1.47. The molecule has 2 N–H and O–H groups in total. The van der Waals surface area contributed by atoms with Gasteiger partial charge in [0.05, 0.1) is 0 Å². The van der Waals surface area contributed by atoms with Crippen LogP contribution in [0.3, 0.4) is 0 Å². The zero-order valence-electron chi connectivity index (χ0n) is 15.4. The van der Waals surface area contributed by atoms with Crippen molar-refractivity contribution in [1.82, 2.24) is 19.8 Å². The third-order valence-corrected chi connectivity index (χ3v) is 5.64. The van der Waals surface area contributed by atoms with E-state index in [1.807, 2.05) is 0 Å². The van der Waals surface area contributed by atoms with Crippen LogP contribution in [0.25, 0.3) is 0 Å². The molecule has 1 unspecified atom stereocenters. The van der Waals surface area contributed by atoms with Gasteiger partial charge in [-0.1, -0.05) is 25.7 Å². The number of piperidine rings is 1. The van der Waals surface area contributed by atoms with Crippen LogP contribution in [-0.4, -0.2) is 45.5 Å². The van der Waals surface area contributed by atoms with Crippen molar-refractivity contribution in [1.29, 1.82) is 0 Å². The number of hydrogen-bond donors (Lipinski definition) is 2. The molecule has 7 heteroatoms. The molecule has 1 saturated heterocycles. The summed E-state index contributed by atoms with van der Waals surface area (Å²) in [5, 5.41) is 3.14. The summed E-state index contributed by atoms with van der Waals surface area (Å²) >= 11 is 0. The number of aryl methyl sites for hydroxylation is 1. The van der Waals surface area contributed by atoms with Gasteiger partial charge in [-0.2, -0.15) is 0 Å². The monoisotopic (exact) mass is 362 g/mol. The summed E-state index contributed by atoms with van der Waals surface area (Å²) in [6.07, 6.45) is 11.8.